The molecule has 1 atom stereocenters. The molecule has 1 nitrogen and oxygen atoms in total. The molecule has 0 amide bonds. The lowest BCUT2D eigenvalue weighted by Gasteiger charge is -2.08. The highest BCUT2D eigenvalue weighted by Crippen LogP contribution is 2.20. The highest BCUT2D eigenvalue weighted by molar-refractivity contribution is 6.21. The molecule has 1 unspecified atom stereocenters. The van der Waals surface area contributed by atoms with Crippen LogP contribution < -0.4 is 0 Å². The lowest BCUT2D eigenvalue weighted by atomic mass is 10.4. The Morgan fingerprint density at radius 3 is 2.27 bits per heavy atom. The average Bonchev–Trinajstić information content (AvgIpc) is 1.53. The van der Waals surface area contributed by atoms with E-state index in [2.05, 4.69) is 4.74 Å². The monoisotopic (exact) mass is 188 g/mol. The predicted molar refractivity (Wildman–Crippen MR) is 36.2 cm³/mol. The zero-order valence-corrected chi connectivity index (χ0v) is 6.83. The van der Waals surface area contributed by atoms with Gasteiger partial charge in [-0.3, -0.25) is 0 Å². The van der Waals surface area contributed by atoms with Crippen LogP contribution in [-0.2, 0) is 4.74 Å². The van der Waals surface area contributed by atoms with Crippen LogP contribution in [0.2, 0.25) is 0 Å². The second-order valence-electron chi connectivity index (χ2n) is 2.00. The maximum absolute atomic E-state index is 11.5. The van der Waals surface area contributed by atoms with Gasteiger partial charge in [-0.1, -0.05) is 0 Å². The summed E-state index contributed by atoms with van der Waals surface area (Å²) in [6.07, 6.45) is -3.44. The van der Waals surface area contributed by atoms with Crippen molar-refractivity contribution in [3.63, 3.8) is 0 Å². The third kappa shape index (κ3) is 7.52. The van der Waals surface area contributed by atoms with Crippen LogP contribution in [-0.4, -0.2) is 11.7 Å². The summed E-state index contributed by atoms with van der Waals surface area (Å²) in [7, 11) is 0. The van der Waals surface area contributed by atoms with Crippen LogP contribution >= 0.6 is 11.6 Å². The van der Waals surface area contributed by atoms with Crippen molar-refractivity contribution >= 4 is 11.6 Å². The Morgan fingerprint density at radius 2 is 2.00 bits per heavy atom. The summed E-state index contributed by atoms with van der Waals surface area (Å²) < 4.78 is 37.9. The third-order valence-corrected chi connectivity index (χ3v) is 0.867. The molecular formula is C6H8ClF3O. The number of hydrogen-bond acceptors (Lipinski definition) is 1. The number of rotatable bonds is 2. The number of halogens is 4. The van der Waals surface area contributed by atoms with Gasteiger partial charge in [0.05, 0.1) is 5.38 Å². The zero-order chi connectivity index (χ0) is 9.07. The van der Waals surface area contributed by atoms with Gasteiger partial charge in [-0.2, -0.15) is 0 Å². The molecule has 0 aliphatic rings. The van der Waals surface area contributed by atoms with Crippen LogP contribution in [0.3, 0.4) is 0 Å². The van der Waals surface area contributed by atoms with E-state index in [9.17, 15) is 13.2 Å². The van der Waals surface area contributed by atoms with Gasteiger partial charge in [-0.25, -0.2) is 0 Å². The highest BCUT2D eigenvalue weighted by atomic mass is 35.5. The molecule has 0 aromatic carbocycles. The van der Waals surface area contributed by atoms with Gasteiger partial charge in [0.25, 0.3) is 0 Å². The van der Waals surface area contributed by atoms with E-state index >= 15 is 0 Å². The molecule has 0 N–H and O–H groups in total. The fraction of sp³-hybridized carbons (Fsp3) is 0.667. The van der Waals surface area contributed by atoms with Crippen molar-refractivity contribution in [3.8, 4) is 0 Å². The normalized spacial score (nSPS) is 16.4. The van der Waals surface area contributed by atoms with E-state index < -0.39 is 11.7 Å². The first-order chi connectivity index (χ1) is 4.81. The summed E-state index contributed by atoms with van der Waals surface area (Å²) in [6, 6.07) is 0. The van der Waals surface area contributed by atoms with Crippen molar-refractivity contribution in [1.82, 2.24) is 0 Å². The van der Waals surface area contributed by atoms with Gasteiger partial charge < -0.3 is 4.74 Å². The van der Waals surface area contributed by atoms with Crippen LogP contribution in [0.4, 0.5) is 13.2 Å². The quantitative estimate of drug-likeness (QED) is 0.478. The van der Waals surface area contributed by atoms with Gasteiger partial charge in [0.2, 0.25) is 0 Å². The smallest absolute Gasteiger partial charge is 0.411 e. The molecule has 0 aliphatic heterocycles. The molecule has 0 saturated heterocycles. The Hall–Kier alpha value is -0.380. The number of hydrogen-bond donors (Lipinski definition) is 0. The molecular weight excluding hydrogens is 181 g/mol. The molecule has 11 heavy (non-hydrogen) atoms. The second kappa shape index (κ2) is 3.85. The molecule has 0 fully saturated rings. The predicted octanol–water partition coefficient (Wildman–Crippen LogP) is 3.05. The average molecular weight is 189 g/mol. The van der Waals surface area contributed by atoms with Crippen LogP contribution in [0.25, 0.3) is 0 Å². The van der Waals surface area contributed by atoms with Crippen molar-refractivity contribution in [2.24, 2.45) is 0 Å². The fourth-order valence-electron chi connectivity index (χ4n) is 0.540. The Balaban J connectivity index is 3.97. The minimum Gasteiger partial charge on any atom is -0.411 e. The van der Waals surface area contributed by atoms with Gasteiger partial charge in [0, 0.05) is 0 Å². The summed E-state index contributed by atoms with van der Waals surface area (Å²) in [6.45, 7) is 2.75. The first-order valence-electron chi connectivity index (χ1n) is 2.89. The molecule has 0 heterocycles. The van der Waals surface area contributed by atoms with E-state index in [0.717, 1.165) is 0 Å². The molecule has 0 radical (unpaired) electrons. The lowest BCUT2D eigenvalue weighted by Crippen LogP contribution is -2.12. The Labute approximate surface area is 67.8 Å². The largest absolute Gasteiger partial charge is 0.572 e. The van der Waals surface area contributed by atoms with Gasteiger partial charge in [-0.15, -0.1) is 24.8 Å². The van der Waals surface area contributed by atoms with E-state index in [1.165, 1.54) is 13.0 Å². The standard InChI is InChI=1S/C6H8ClF3O/c1-4(7)3-5(2)11-6(8,9)10/h3-4H,1-2H3/b5-3+. The summed E-state index contributed by atoms with van der Waals surface area (Å²) in [5.74, 6) is -0.236. The van der Waals surface area contributed by atoms with Crippen LogP contribution in [0.15, 0.2) is 11.8 Å². The topological polar surface area (TPSA) is 9.23 Å². The van der Waals surface area contributed by atoms with Crippen LogP contribution in [0.1, 0.15) is 13.8 Å². The van der Waals surface area contributed by atoms with Crippen LogP contribution in [0.5, 0.6) is 0 Å². The Kier molecular flexibility index (Phi) is 3.72. The molecule has 0 aromatic rings. The minimum absolute atomic E-state index is 0.236. The number of alkyl halides is 4. The van der Waals surface area contributed by atoms with Crippen molar-refractivity contribution in [2.45, 2.75) is 25.6 Å². The molecule has 0 aliphatic carbocycles. The lowest BCUT2D eigenvalue weighted by molar-refractivity contribution is -0.305. The molecule has 0 aromatic heterocycles. The van der Waals surface area contributed by atoms with Gasteiger partial charge in [0.1, 0.15) is 5.76 Å². The van der Waals surface area contributed by atoms with Gasteiger partial charge >= 0.3 is 6.36 Å². The SMILES string of the molecule is C/C(=C\C(C)Cl)OC(F)(F)F. The van der Waals surface area contributed by atoms with Crippen molar-refractivity contribution in [1.29, 1.82) is 0 Å². The summed E-state index contributed by atoms with van der Waals surface area (Å²) >= 11 is 5.38. The minimum atomic E-state index is -4.62. The maximum Gasteiger partial charge on any atom is 0.572 e. The molecule has 0 bridgehead atoms. The summed E-state index contributed by atoms with van der Waals surface area (Å²) in [4.78, 5) is 0. The summed E-state index contributed by atoms with van der Waals surface area (Å²) in [5, 5.41) is -0.461. The summed E-state index contributed by atoms with van der Waals surface area (Å²) in [5.41, 5.74) is 0. The van der Waals surface area contributed by atoms with E-state index in [-0.39, 0.29) is 5.76 Å². The second-order valence-corrected chi connectivity index (χ2v) is 2.69. The molecule has 0 spiro atoms. The van der Waals surface area contributed by atoms with E-state index in [1.807, 2.05) is 0 Å². The van der Waals surface area contributed by atoms with Crippen LogP contribution in [0, 0.1) is 0 Å². The fourth-order valence-corrected chi connectivity index (χ4v) is 0.717. The third-order valence-electron chi connectivity index (χ3n) is 0.741. The molecule has 0 saturated carbocycles. The van der Waals surface area contributed by atoms with Crippen molar-refractivity contribution < 1.29 is 17.9 Å². The van der Waals surface area contributed by atoms with E-state index in [1.54, 1.807) is 6.92 Å². The Morgan fingerprint density at radius 1 is 1.55 bits per heavy atom. The van der Waals surface area contributed by atoms with Crippen molar-refractivity contribution in [3.05, 3.63) is 11.8 Å². The van der Waals surface area contributed by atoms with E-state index in [4.69, 9.17) is 11.6 Å². The molecule has 66 valence electrons. The number of allylic oxidation sites excluding steroid dienone is 2. The Bertz CT molecular complexity index is 150. The van der Waals surface area contributed by atoms with Gasteiger partial charge in [-0.05, 0) is 19.9 Å². The van der Waals surface area contributed by atoms with E-state index in [0.29, 0.717) is 0 Å². The molecule has 0 rings (SSSR count). The number of ether oxygens (including phenoxy) is 1. The first-order valence-corrected chi connectivity index (χ1v) is 3.33. The van der Waals surface area contributed by atoms with Crippen molar-refractivity contribution in [2.75, 3.05) is 0 Å². The zero-order valence-electron chi connectivity index (χ0n) is 6.07. The first kappa shape index (κ1) is 10.6. The highest BCUT2D eigenvalue weighted by Gasteiger charge is 2.30. The van der Waals surface area contributed by atoms with Gasteiger partial charge in [0.15, 0.2) is 0 Å². The molecule has 5 heteroatoms. The maximum atomic E-state index is 11.5.